The van der Waals surface area contributed by atoms with Crippen molar-refractivity contribution in [3.05, 3.63) is 23.8 Å². The van der Waals surface area contributed by atoms with Crippen LogP contribution in [0, 0.1) is 0 Å². The molecule has 0 aromatic heterocycles. The minimum atomic E-state index is -4.42. The van der Waals surface area contributed by atoms with E-state index in [4.69, 9.17) is 14.2 Å². The first-order valence-electron chi connectivity index (χ1n) is 16.7. The Kier molecular flexibility index (Phi) is 9.05. The molecule has 5 saturated heterocycles. The zero-order valence-electron chi connectivity index (χ0n) is 29.3. The number of aliphatic carboxylic acids is 1. The van der Waals surface area contributed by atoms with Gasteiger partial charge >= 0.3 is 11.9 Å². The average Bonchev–Trinajstić information content (AvgIpc) is 3.22. The van der Waals surface area contributed by atoms with E-state index in [-0.39, 0.29) is 23.5 Å². The largest absolute Gasteiger partial charge is 0.496 e. The zero-order chi connectivity index (χ0) is 37.3. The van der Waals surface area contributed by atoms with E-state index in [2.05, 4.69) is 10.3 Å². The second kappa shape index (κ2) is 12.6. The van der Waals surface area contributed by atoms with E-state index in [1.807, 2.05) is 4.90 Å². The second-order valence-corrected chi connectivity index (χ2v) is 18.8. The molecule has 16 nitrogen and oxygen atoms in total. The van der Waals surface area contributed by atoms with Crippen LogP contribution in [0.25, 0.3) is 0 Å². The van der Waals surface area contributed by atoms with Gasteiger partial charge in [-0.2, -0.15) is 0 Å². The highest BCUT2D eigenvalue weighted by atomic mass is 32.2. The van der Waals surface area contributed by atoms with Gasteiger partial charge in [-0.3, -0.25) is 24.3 Å². The van der Waals surface area contributed by atoms with Gasteiger partial charge in [0, 0.05) is 13.1 Å². The lowest BCUT2D eigenvalue weighted by atomic mass is 9.85. The number of fused-ring (bicyclic) bond motifs is 2. The van der Waals surface area contributed by atoms with E-state index >= 15 is 0 Å². The summed E-state index contributed by atoms with van der Waals surface area (Å²) in [5.41, 5.74) is -4.41. The van der Waals surface area contributed by atoms with Crippen LogP contribution in [0.15, 0.2) is 23.2 Å². The molecule has 0 saturated carbocycles. The van der Waals surface area contributed by atoms with E-state index in [0.29, 0.717) is 13.1 Å². The van der Waals surface area contributed by atoms with Crippen molar-refractivity contribution in [2.75, 3.05) is 33.9 Å². The number of carboxylic acid groups (broad SMARTS) is 1. The fraction of sp³-hybridized carbons (Fsp3) is 0.636. The number of carbonyl (C=O) groups is 5. The maximum atomic E-state index is 14.7. The summed E-state index contributed by atoms with van der Waals surface area (Å²) in [7, 11) is -1.70. The van der Waals surface area contributed by atoms with E-state index in [9.17, 15) is 37.5 Å². The zero-order valence-corrected chi connectivity index (χ0v) is 31.0. The minimum absolute atomic E-state index is 0.0470. The maximum absolute atomic E-state index is 14.7. The molecular weight excluding hydrogens is 707 g/mol. The number of rotatable bonds is 10. The number of sulfone groups is 1. The molecular formula is C33H43N5O11S2. The van der Waals surface area contributed by atoms with Gasteiger partial charge in [0.05, 0.1) is 37.1 Å². The van der Waals surface area contributed by atoms with Gasteiger partial charge in [0.15, 0.2) is 15.2 Å². The van der Waals surface area contributed by atoms with Crippen LogP contribution in [0.1, 0.15) is 70.2 Å². The first-order chi connectivity index (χ1) is 23.9. The Morgan fingerprint density at radius 2 is 1.65 bits per heavy atom. The highest BCUT2D eigenvalue weighted by molar-refractivity contribution is 8.01. The Morgan fingerprint density at radius 1 is 1.04 bits per heavy atom. The van der Waals surface area contributed by atoms with Crippen molar-refractivity contribution >= 4 is 57.6 Å². The summed E-state index contributed by atoms with van der Waals surface area (Å²) in [6, 6.07) is 2.97. The van der Waals surface area contributed by atoms with Gasteiger partial charge < -0.3 is 34.4 Å². The monoisotopic (exact) mass is 749 g/mol. The molecule has 278 valence electrons. The highest BCUT2D eigenvalue weighted by Crippen LogP contribution is 2.57. The third-order valence-electron chi connectivity index (χ3n) is 10.8. The molecule has 6 rings (SSSR count). The summed E-state index contributed by atoms with van der Waals surface area (Å²) in [4.78, 5) is 76.9. The lowest BCUT2D eigenvalue weighted by Crippen LogP contribution is -2.78. The van der Waals surface area contributed by atoms with Gasteiger partial charge in [-0.15, -0.1) is 11.8 Å². The molecule has 18 heteroatoms. The van der Waals surface area contributed by atoms with Crippen LogP contribution in [0.2, 0.25) is 0 Å². The third kappa shape index (κ3) is 5.17. The molecule has 51 heavy (non-hydrogen) atoms. The highest BCUT2D eigenvalue weighted by Gasteiger charge is 2.80. The van der Waals surface area contributed by atoms with Gasteiger partial charge in [0.2, 0.25) is 17.1 Å². The van der Waals surface area contributed by atoms with Crippen LogP contribution in [0.5, 0.6) is 11.5 Å². The number of carbonyl (C=O) groups excluding carboxylic acids is 4. The van der Waals surface area contributed by atoms with Crippen molar-refractivity contribution in [2.45, 2.75) is 97.3 Å². The van der Waals surface area contributed by atoms with Gasteiger partial charge in [0.25, 0.3) is 11.8 Å². The Morgan fingerprint density at radius 3 is 2.20 bits per heavy atom. The first kappa shape index (κ1) is 36.7. The number of carboxylic acids is 1. The lowest BCUT2D eigenvalue weighted by Gasteiger charge is -2.50. The van der Waals surface area contributed by atoms with E-state index in [0.717, 1.165) is 30.6 Å². The van der Waals surface area contributed by atoms with Crippen molar-refractivity contribution in [3.8, 4) is 11.5 Å². The second-order valence-electron chi connectivity index (χ2n) is 14.4. The van der Waals surface area contributed by atoms with E-state index < -0.39 is 83.6 Å². The molecule has 1 unspecified atom stereocenters. The van der Waals surface area contributed by atoms with Crippen LogP contribution >= 0.6 is 11.8 Å². The summed E-state index contributed by atoms with van der Waals surface area (Å²) in [5, 5.41) is 10.6. The number of hydrogen-bond donors (Lipinski definition) is 2. The number of aliphatic imine (C=N–C) groups is 1. The van der Waals surface area contributed by atoms with Crippen molar-refractivity contribution in [1.82, 2.24) is 20.0 Å². The van der Waals surface area contributed by atoms with Crippen molar-refractivity contribution in [3.63, 3.8) is 0 Å². The first-order valence-corrected chi connectivity index (χ1v) is 19.1. The fourth-order valence-electron chi connectivity index (χ4n) is 7.93. The van der Waals surface area contributed by atoms with Crippen LogP contribution in [0.3, 0.4) is 0 Å². The van der Waals surface area contributed by atoms with Gasteiger partial charge in [0.1, 0.15) is 34.5 Å². The Labute approximate surface area is 300 Å². The molecule has 0 aliphatic carbocycles. The van der Waals surface area contributed by atoms with Gasteiger partial charge in [-0.25, -0.2) is 18.0 Å². The molecule has 0 spiro atoms. The smallest absolute Gasteiger partial charge is 0.354 e. The average molecular weight is 750 g/mol. The number of amides is 3. The number of thioether (sulfide) groups is 1. The van der Waals surface area contributed by atoms with Gasteiger partial charge in [-0.05, 0) is 52.7 Å². The number of ether oxygens (including phenoxy) is 3. The molecule has 5 fully saturated rings. The van der Waals surface area contributed by atoms with E-state index in [1.54, 1.807) is 19.9 Å². The van der Waals surface area contributed by atoms with Crippen LogP contribution < -0.4 is 14.8 Å². The van der Waals surface area contributed by atoms with Gasteiger partial charge in [-0.1, -0.05) is 18.9 Å². The Hall–Kier alpha value is -4.06. The summed E-state index contributed by atoms with van der Waals surface area (Å²) in [6.45, 7) is 6.11. The van der Waals surface area contributed by atoms with Crippen molar-refractivity contribution < 1.29 is 51.7 Å². The molecule has 0 bridgehead atoms. The molecule has 5 aliphatic rings. The Bertz CT molecular complexity index is 1790. The number of esters is 1. The fourth-order valence-corrected chi connectivity index (χ4v) is 12.0. The number of benzene rings is 1. The van der Waals surface area contributed by atoms with Crippen molar-refractivity contribution in [2.24, 2.45) is 4.99 Å². The van der Waals surface area contributed by atoms with Crippen LogP contribution in [-0.2, 0) is 33.8 Å². The molecule has 5 aliphatic heterocycles. The molecule has 1 aromatic carbocycles. The third-order valence-corrected chi connectivity index (χ3v) is 15.2. The summed E-state index contributed by atoms with van der Waals surface area (Å²) < 4.78 is 41.8. The van der Waals surface area contributed by atoms with Crippen LogP contribution in [0.4, 0.5) is 0 Å². The number of likely N-dealkylation sites (tertiary alicyclic amines) is 1. The quantitative estimate of drug-likeness (QED) is 0.150. The maximum Gasteiger partial charge on any atom is 0.354 e. The molecule has 0 radical (unpaired) electrons. The Balaban J connectivity index is 1.41. The summed E-state index contributed by atoms with van der Waals surface area (Å²) in [6.07, 6.45) is 5.16. The predicted molar refractivity (Wildman–Crippen MR) is 184 cm³/mol. The number of nitrogens with one attached hydrogen (secondary N) is 1. The predicted octanol–water partition coefficient (Wildman–Crippen LogP) is 1.23. The summed E-state index contributed by atoms with van der Waals surface area (Å²) >= 11 is 1.27. The minimum Gasteiger partial charge on any atom is -0.496 e. The lowest BCUT2D eigenvalue weighted by molar-refractivity contribution is -0.182. The molecule has 2 N–H and O–H groups in total. The molecule has 3 amide bonds. The standard InChI is InChI=1S/C33H43N5O11S2/c1-30(2)24(26(41)42)37-27(43)32(28(37)51(30,45)46,34-18-36-14-9-7-8-10-15-36)17-49-29(44)33(31(3,4)50-22-16-21(39)38(22)33)35-25(40)23-19(47-5)12-11-13-20(23)48-6/h11-13,18,22,24,28H,7-10,14-17H2,1-6H3,(H,35,40)(H,41,42)/t22-,24+,28-,32?,33+/m1/s1. The number of nitrogens with zero attached hydrogens (tertiary/aromatic N) is 4. The molecule has 5 heterocycles. The number of hydrogen-bond acceptors (Lipinski definition) is 12. The topological polar surface area (TPSA) is 202 Å². The normalized spacial score (nSPS) is 31.6. The number of methoxy groups -OCH3 is 2. The summed E-state index contributed by atoms with van der Waals surface area (Å²) in [5.74, 6) is -4.54. The van der Waals surface area contributed by atoms with E-state index in [1.165, 1.54) is 63.2 Å². The SMILES string of the molecule is COc1cccc(OC)c1C(=O)N[C@@]1(C(=O)OCC2(N=CN3CCCCCC3)C(=O)N3[C@@H](C(=O)O)C(C)(C)S(=O)(=O)[C@@H]32)N2C(=O)C[C@H]2SC1(C)C. The molecule has 1 aromatic rings. The molecule has 5 atom stereocenters. The van der Waals surface area contributed by atoms with Crippen LogP contribution in [-0.4, -0.2) is 136 Å². The number of β-lactam (4-membered cyclic amide) rings is 2. The van der Waals surface area contributed by atoms with Crippen molar-refractivity contribution in [1.29, 1.82) is 0 Å².